The van der Waals surface area contributed by atoms with E-state index in [1.165, 1.54) is 10.5 Å². The summed E-state index contributed by atoms with van der Waals surface area (Å²) in [4.78, 5) is 63.8. The van der Waals surface area contributed by atoms with E-state index < -0.39 is 23.3 Å². The van der Waals surface area contributed by atoms with Gasteiger partial charge in [-0.2, -0.15) is 0 Å². The number of hydrogen-bond acceptors (Lipinski definition) is 15. The first kappa shape index (κ1) is 63.5. The molecule has 68 heavy (non-hydrogen) atoms. The van der Waals surface area contributed by atoms with Crippen LogP contribution < -0.4 is 11.1 Å². The van der Waals surface area contributed by atoms with Crippen molar-refractivity contribution in [3.05, 3.63) is 36.5 Å². The number of allylic oxidation sites excluding steroid dienone is 1. The predicted molar refractivity (Wildman–Crippen MR) is 275 cm³/mol. The highest BCUT2D eigenvalue weighted by Gasteiger charge is 2.41. The van der Waals surface area contributed by atoms with Crippen molar-refractivity contribution in [1.29, 1.82) is 0 Å². The number of aliphatic hydroxyl groups excluding tert-OH is 1. The molecule has 4 aliphatic heterocycles. The monoisotopic (exact) mass is 1040 g/mol. The van der Waals surface area contributed by atoms with E-state index in [0.717, 1.165) is 68.3 Å². The van der Waals surface area contributed by atoms with Crippen LogP contribution in [0.2, 0.25) is 0 Å². The Morgan fingerprint density at radius 1 is 0.868 bits per heavy atom. The molecule has 0 aromatic rings. The number of likely N-dealkylation sites (tertiary alicyclic amines) is 2. The summed E-state index contributed by atoms with van der Waals surface area (Å²) in [6.45, 7) is 33.5. The van der Waals surface area contributed by atoms with E-state index in [2.05, 4.69) is 45.8 Å². The number of carbonyl (C=O) groups excluding carboxylic acids is 5. The number of rotatable bonds is 14. The van der Waals surface area contributed by atoms with E-state index in [1.54, 1.807) is 52.2 Å². The Bertz CT molecular complexity index is 1610. The summed E-state index contributed by atoms with van der Waals surface area (Å²) in [7, 11) is 3.36. The number of unbranched alkanes of at least 4 members (excludes halogenated alkanes) is 1. The normalized spacial score (nSPS) is 22.5. The predicted octanol–water partition coefficient (Wildman–Crippen LogP) is 9.05. The molecular weight excluding hydrogens is 958 g/mol. The van der Waals surface area contributed by atoms with E-state index in [1.807, 2.05) is 20.8 Å². The second-order valence-electron chi connectivity index (χ2n) is 19.6. The molecule has 0 bridgehead atoms. The van der Waals surface area contributed by atoms with E-state index in [-0.39, 0.29) is 47.4 Å². The summed E-state index contributed by atoms with van der Waals surface area (Å²) in [5.74, 6) is 1.48. The van der Waals surface area contributed by atoms with Crippen molar-refractivity contribution in [1.82, 2.24) is 20.0 Å². The van der Waals surface area contributed by atoms with Crippen LogP contribution in [0.5, 0.6) is 0 Å². The van der Waals surface area contributed by atoms with E-state index in [9.17, 15) is 24.0 Å². The largest absolute Gasteiger partial charge is 0.448 e. The van der Waals surface area contributed by atoms with Crippen molar-refractivity contribution < 1.29 is 52.8 Å². The number of amides is 3. The van der Waals surface area contributed by atoms with Gasteiger partial charge in [-0.25, -0.2) is 14.4 Å². The molecular formula is C48H83Cl2N5O11S2. The lowest BCUT2D eigenvalue weighted by molar-refractivity contribution is -0.118. The second-order valence-corrected chi connectivity index (χ2v) is 23.5. The first-order valence-corrected chi connectivity index (χ1v) is 26.8. The molecule has 0 aromatic heterocycles. The molecule has 5 rings (SSSR count). The fourth-order valence-electron chi connectivity index (χ4n) is 7.26. The smallest absolute Gasteiger partial charge is 0.411 e. The fraction of sp³-hybridized carbons (Fsp3) is 0.771. The maximum absolute atomic E-state index is 12.6. The molecule has 4 saturated heterocycles. The Hall–Kier alpha value is -2.55. The average molecular weight is 1040 g/mol. The molecule has 5 atom stereocenters. The van der Waals surface area contributed by atoms with Gasteiger partial charge in [0.25, 0.3) is 0 Å². The van der Waals surface area contributed by atoms with Gasteiger partial charge in [0.2, 0.25) is 0 Å². The average Bonchev–Trinajstić information content (AvgIpc) is 4.12. The van der Waals surface area contributed by atoms with Crippen LogP contribution in [0.1, 0.15) is 120 Å². The van der Waals surface area contributed by atoms with Crippen molar-refractivity contribution in [3.63, 3.8) is 0 Å². The lowest BCUT2D eigenvalue weighted by Gasteiger charge is -2.30. The lowest BCUT2D eigenvalue weighted by atomic mass is 10.1. The van der Waals surface area contributed by atoms with E-state index in [0.29, 0.717) is 77.0 Å². The zero-order chi connectivity index (χ0) is 51.7. The Labute approximate surface area is 424 Å². The minimum atomic E-state index is -0.533. The molecule has 1 saturated carbocycles. The van der Waals surface area contributed by atoms with Gasteiger partial charge in [-0.15, -0.1) is 23.2 Å². The number of alkyl halides is 2. The van der Waals surface area contributed by atoms with Gasteiger partial charge in [0, 0.05) is 50.7 Å². The number of aliphatic hydroxyl groups is 1. The maximum Gasteiger partial charge on any atom is 0.411 e. The highest BCUT2D eigenvalue weighted by atomic mass is 35.5. The van der Waals surface area contributed by atoms with Crippen LogP contribution in [0.25, 0.3) is 0 Å². The molecule has 1 aliphatic carbocycles. The minimum Gasteiger partial charge on any atom is -0.448 e. The molecule has 392 valence electrons. The molecule has 0 radical (unpaired) electrons. The summed E-state index contributed by atoms with van der Waals surface area (Å²) in [5, 5.41) is 11.2. The van der Waals surface area contributed by atoms with Gasteiger partial charge in [0.05, 0.1) is 48.5 Å². The highest BCUT2D eigenvalue weighted by molar-refractivity contribution is 8.77. The van der Waals surface area contributed by atoms with Gasteiger partial charge >= 0.3 is 18.3 Å². The first-order valence-electron chi connectivity index (χ1n) is 23.4. The fourth-order valence-corrected chi connectivity index (χ4v) is 9.69. The van der Waals surface area contributed by atoms with Gasteiger partial charge in [-0.1, -0.05) is 71.4 Å². The first-order chi connectivity index (χ1) is 31.8. The van der Waals surface area contributed by atoms with Crippen LogP contribution in [-0.2, 0) is 33.3 Å². The lowest BCUT2D eigenvalue weighted by Crippen LogP contribution is -2.48. The SMILES string of the molecule is C=C1CC[C@H](C2OCCN2C(=O)OCC(C)(C)SSCCC(=O)CCCC)C1.C=C1C[C@@H](C2NCCO2)N(C(=O)OC(C)(C)C)C1.C=C1C[C@@H](C=O)N(C(=O)OC(C)(C)C)C1.ClCCl.NCCO. The molecule has 20 heteroatoms. The van der Waals surface area contributed by atoms with Crippen molar-refractivity contribution in [2.24, 2.45) is 11.7 Å². The zero-order valence-electron chi connectivity index (χ0n) is 42.2. The third-order valence-electron chi connectivity index (χ3n) is 10.3. The molecule has 4 heterocycles. The molecule has 4 N–H and O–H groups in total. The van der Waals surface area contributed by atoms with Gasteiger partial charge < -0.3 is 39.3 Å². The third kappa shape index (κ3) is 25.5. The molecule has 16 nitrogen and oxygen atoms in total. The number of aldehydes is 1. The molecule has 2 unspecified atom stereocenters. The number of nitrogens with one attached hydrogen (secondary N) is 1. The van der Waals surface area contributed by atoms with Gasteiger partial charge in [-0.05, 0) is 93.9 Å². The standard InChI is InChI=1S/C21H35NO4S2.C13H22N2O3.C11H17NO3.C2H7NO.CH2Cl2/c1-5-6-7-18(23)10-13-27-28-21(3,4)15-26-20(24)22-11-12-25-19(22)17-9-8-16(2)14-17;1-9-7-10(11-14-5-6-17-11)15(8-9)12(16)18-13(2,3)4;1-8-5-9(7-13)12(6-8)10(14)15-11(2,3)4;3-1-2-4;2-1-3/h17,19H,2,5-15H2,1,3-4H3;10-11,14H,1,5-8H2,2-4H3;7,9H,1,5-6H2,2-4H3;4H,1-3H2;1H2/t17-,19?;10-,11?;9-;;/m000../s1. The van der Waals surface area contributed by atoms with Crippen LogP contribution in [0.3, 0.4) is 0 Å². The molecule has 5 aliphatic rings. The van der Waals surface area contributed by atoms with Crippen molar-refractivity contribution in [3.8, 4) is 0 Å². The van der Waals surface area contributed by atoms with Gasteiger partial charge in [-0.3, -0.25) is 24.8 Å². The summed E-state index contributed by atoms with van der Waals surface area (Å²) in [5.41, 5.74) is 6.95. The topological polar surface area (TPSA) is 200 Å². The van der Waals surface area contributed by atoms with Crippen LogP contribution >= 0.6 is 44.8 Å². The number of hydrogen-bond donors (Lipinski definition) is 3. The summed E-state index contributed by atoms with van der Waals surface area (Å²) < 4.78 is 27.4. The molecule has 0 aromatic carbocycles. The number of ether oxygens (including phenoxy) is 5. The third-order valence-corrected chi connectivity index (χ3v) is 13.6. The molecule has 3 amide bonds. The highest BCUT2D eigenvalue weighted by Crippen LogP contribution is 2.38. The van der Waals surface area contributed by atoms with E-state index >= 15 is 0 Å². The number of nitrogens with two attached hydrogens (primary N) is 1. The van der Waals surface area contributed by atoms with Crippen LogP contribution in [-0.4, -0.2) is 161 Å². The summed E-state index contributed by atoms with van der Waals surface area (Å²) >= 11 is 9.53. The molecule has 5 fully saturated rings. The Morgan fingerprint density at radius 2 is 1.46 bits per heavy atom. The van der Waals surface area contributed by atoms with Crippen molar-refractivity contribution in [2.75, 3.05) is 70.2 Å². The van der Waals surface area contributed by atoms with Gasteiger partial charge in [0.15, 0.2) is 0 Å². The van der Waals surface area contributed by atoms with Crippen molar-refractivity contribution in [2.45, 2.75) is 161 Å². The number of halogens is 2. The number of nitrogens with zero attached hydrogens (tertiary/aromatic N) is 3. The zero-order valence-corrected chi connectivity index (χ0v) is 45.4. The van der Waals surface area contributed by atoms with E-state index in [4.69, 9.17) is 57.7 Å². The minimum absolute atomic E-state index is 0.00477. The van der Waals surface area contributed by atoms with Crippen LogP contribution in [0.4, 0.5) is 14.4 Å². The number of Topliss-reactive ketones (excluding diaryl/α,β-unsaturated/α-hetero) is 1. The second kappa shape index (κ2) is 32.4. The van der Waals surface area contributed by atoms with Crippen LogP contribution in [0, 0.1) is 5.92 Å². The Morgan fingerprint density at radius 3 is 1.97 bits per heavy atom. The van der Waals surface area contributed by atoms with Crippen molar-refractivity contribution >= 4 is 75.1 Å². The molecule has 0 spiro atoms. The quantitative estimate of drug-likeness (QED) is 0.0371. The summed E-state index contributed by atoms with van der Waals surface area (Å²) in [6, 6.07) is -0.415. The number of ketones is 1. The maximum atomic E-state index is 12.6. The Balaban J connectivity index is 0.000000498. The summed E-state index contributed by atoms with van der Waals surface area (Å²) in [6.07, 6.45) is 7.13. The van der Waals surface area contributed by atoms with Crippen LogP contribution in [0.15, 0.2) is 36.5 Å². The van der Waals surface area contributed by atoms with Gasteiger partial charge in [0.1, 0.15) is 42.3 Å². The number of carbonyl (C=O) groups is 5. The Kier molecular flexibility index (Phi) is 30.3.